The van der Waals surface area contributed by atoms with E-state index in [4.69, 9.17) is 11.6 Å². The van der Waals surface area contributed by atoms with Crippen LogP contribution in [0.5, 0.6) is 0 Å². The maximum atomic E-state index is 12.0. The molecule has 0 unspecified atom stereocenters. The Bertz CT molecular complexity index is 558. The van der Waals surface area contributed by atoms with E-state index >= 15 is 0 Å². The van der Waals surface area contributed by atoms with Crippen molar-refractivity contribution in [2.75, 3.05) is 18.4 Å². The van der Waals surface area contributed by atoms with Gasteiger partial charge in [-0.1, -0.05) is 29.3 Å². The minimum absolute atomic E-state index is 0.00300. The molecule has 0 aromatic heterocycles. The van der Waals surface area contributed by atoms with Gasteiger partial charge in [0, 0.05) is 13.0 Å². The van der Waals surface area contributed by atoms with Gasteiger partial charge in [-0.15, -0.1) is 0 Å². The lowest BCUT2D eigenvalue weighted by Crippen LogP contribution is -2.23. The van der Waals surface area contributed by atoms with Crippen molar-refractivity contribution < 1.29 is 4.79 Å². The summed E-state index contributed by atoms with van der Waals surface area (Å²) in [7, 11) is 0. The third kappa shape index (κ3) is 6.00. The van der Waals surface area contributed by atoms with E-state index in [-0.39, 0.29) is 5.91 Å². The van der Waals surface area contributed by atoms with Crippen molar-refractivity contribution in [1.29, 1.82) is 0 Å². The molecule has 0 bridgehead atoms. The molecule has 23 heavy (non-hydrogen) atoms. The molecular weight excluding hydrogens is 308 g/mol. The number of allylic oxidation sites excluding steroid dienone is 1. The lowest BCUT2D eigenvalue weighted by Gasteiger charge is -2.13. The Hall–Kier alpha value is -1.32. The van der Waals surface area contributed by atoms with Gasteiger partial charge in [0.05, 0.1) is 10.7 Å². The summed E-state index contributed by atoms with van der Waals surface area (Å²) in [6.07, 6.45) is 9.07. The Morgan fingerprint density at radius 1 is 1.22 bits per heavy atom. The largest absolute Gasteiger partial charge is 0.325 e. The number of anilines is 1. The Kier molecular flexibility index (Phi) is 7.13. The number of halogens is 1. The number of amides is 1. The van der Waals surface area contributed by atoms with Crippen molar-refractivity contribution >= 4 is 23.2 Å². The molecule has 0 fully saturated rings. The zero-order chi connectivity index (χ0) is 16.7. The molecule has 1 aliphatic rings. The number of benzene rings is 1. The smallest absolute Gasteiger partial charge is 0.225 e. The molecule has 0 spiro atoms. The number of hydrogen-bond acceptors (Lipinski definition) is 2. The van der Waals surface area contributed by atoms with Crippen LogP contribution in [0.3, 0.4) is 0 Å². The van der Waals surface area contributed by atoms with Gasteiger partial charge in [0.2, 0.25) is 5.91 Å². The average Bonchev–Trinajstić information content (AvgIpc) is 2.51. The fourth-order valence-electron chi connectivity index (χ4n) is 2.98. The van der Waals surface area contributed by atoms with E-state index in [1.807, 2.05) is 26.0 Å². The number of rotatable bonds is 7. The van der Waals surface area contributed by atoms with Gasteiger partial charge in [0.25, 0.3) is 0 Å². The summed E-state index contributed by atoms with van der Waals surface area (Å²) in [6, 6.07) is 3.90. The van der Waals surface area contributed by atoms with E-state index in [1.54, 1.807) is 5.57 Å². The van der Waals surface area contributed by atoms with Crippen LogP contribution in [0.2, 0.25) is 5.02 Å². The monoisotopic (exact) mass is 334 g/mol. The molecule has 2 N–H and O–H groups in total. The molecule has 1 aliphatic carbocycles. The minimum Gasteiger partial charge on any atom is -0.325 e. The van der Waals surface area contributed by atoms with Crippen molar-refractivity contribution in [2.24, 2.45) is 0 Å². The predicted molar refractivity (Wildman–Crippen MR) is 98.2 cm³/mol. The summed E-state index contributed by atoms with van der Waals surface area (Å²) in [5, 5.41) is 6.88. The van der Waals surface area contributed by atoms with Crippen molar-refractivity contribution in [3.05, 3.63) is 39.9 Å². The summed E-state index contributed by atoms with van der Waals surface area (Å²) >= 11 is 6.21. The van der Waals surface area contributed by atoms with Crippen LogP contribution in [0.1, 0.15) is 49.7 Å². The average molecular weight is 335 g/mol. The zero-order valence-electron chi connectivity index (χ0n) is 14.2. The normalized spacial score (nSPS) is 14.5. The highest BCUT2D eigenvalue weighted by Crippen LogP contribution is 2.27. The minimum atomic E-state index is 0.00300. The van der Waals surface area contributed by atoms with Crippen LogP contribution in [-0.2, 0) is 4.79 Å². The summed E-state index contributed by atoms with van der Waals surface area (Å²) in [5.74, 6) is 0.00300. The van der Waals surface area contributed by atoms with Gasteiger partial charge in [0.1, 0.15) is 0 Å². The van der Waals surface area contributed by atoms with Gasteiger partial charge in [-0.2, -0.15) is 0 Å². The van der Waals surface area contributed by atoms with Crippen molar-refractivity contribution in [1.82, 2.24) is 5.32 Å². The molecule has 1 aromatic rings. The van der Waals surface area contributed by atoms with Crippen molar-refractivity contribution in [2.45, 2.75) is 52.4 Å². The van der Waals surface area contributed by atoms with Crippen LogP contribution in [0.15, 0.2) is 23.8 Å². The van der Waals surface area contributed by atoms with E-state index < -0.39 is 0 Å². The van der Waals surface area contributed by atoms with E-state index in [0.29, 0.717) is 18.0 Å². The van der Waals surface area contributed by atoms with Crippen molar-refractivity contribution in [3.8, 4) is 0 Å². The van der Waals surface area contributed by atoms with Crippen LogP contribution in [-0.4, -0.2) is 19.0 Å². The zero-order valence-corrected chi connectivity index (χ0v) is 14.9. The third-order valence-electron chi connectivity index (χ3n) is 4.23. The number of carbonyl (C=O) groups is 1. The lowest BCUT2D eigenvalue weighted by molar-refractivity contribution is -0.116. The quantitative estimate of drug-likeness (QED) is 0.557. The molecule has 0 aliphatic heterocycles. The van der Waals surface area contributed by atoms with Gasteiger partial charge < -0.3 is 10.6 Å². The highest BCUT2D eigenvalue weighted by molar-refractivity contribution is 6.34. The molecule has 126 valence electrons. The second kappa shape index (κ2) is 9.09. The number of nitrogens with one attached hydrogen (secondary N) is 2. The Morgan fingerprint density at radius 3 is 2.74 bits per heavy atom. The highest BCUT2D eigenvalue weighted by Gasteiger charge is 2.09. The molecule has 0 heterocycles. The van der Waals surface area contributed by atoms with Crippen molar-refractivity contribution in [3.63, 3.8) is 0 Å². The molecule has 0 saturated carbocycles. The van der Waals surface area contributed by atoms with Gasteiger partial charge in [-0.25, -0.2) is 0 Å². The second-order valence-electron chi connectivity index (χ2n) is 6.34. The SMILES string of the molecule is Cc1cc(C)c(NC(=O)CCNCCC2=CCCCC2)c(Cl)c1. The number of hydrogen-bond donors (Lipinski definition) is 2. The van der Waals surface area contributed by atoms with E-state index in [9.17, 15) is 4.79 Å². The van der Waals surface area contributed by atoms with Gasteiger partial charge >= 0.3 is 0 Å². The fourth-order valence-corrected chi connectivity index (χ4v) is 3.35. The third-order valence-corrected chi connectivity index (χ3v) is 4.53. The summed E-state index contributed by atoms with van der Waals surface area (Å²) in [6.45, 7) is 5.60. The maximum absolute atomic E-state index is 12.0. The Labute approximate surface area is 144 Å². The Morgan fingerprint density at radius 2 is 2.04 bits per heavy atom. The van der Waals surface area contributed by atoms with Crippen LogP contribution < -0.4 is 10.6 Å². The van der Waals surface area contributed by atoms with E-state index in [2.05, 4.69) is 16.7 Å². The first-order valence-corrected chi connectivity index (χ1v) is 8.89. The van der Waals surface area contributed by atoms with E-state index in [1.165, 1.54) is 25.7 Å². The first-order chi connectivity index (χ1) is 11.1. The summed E-state index contributed by atoms with van der Waals surface area (Å²) < 4.78 is 0. The standard InChI is InChI=1S/C19H27ClN2O/c1-14-12-15(2)19(17(20)13-14)22-18(23)9-11-21-10-8-16-6-4-3-5-7-16/h6,12-13,21H,3-5,7-11H2,1-2H3,(H,22,23). The van der Waals surface area contributed by atoms with E-state index in [0.717, 1.165) is 29.8 Å². The topological polar surface area (TPSA) is 41.1 Å². The van der Waals surface area contributed by atoms with Gasteiger partial charge in [0.15, 0.2) is 0 Å². The van der Waals surface area contributed by atoms with Gasteiger partial charge in [-0.05, 0) is 69.7 Å². The predicted octanol–water partition coefficient (Wildman–Crippen LogP) is 4.77. The molecule has 1 aromatic carbocycles. The van der Waals surface area contributed by atoms with Crippen LogP contribution >= 0.6 is 11.6 Å². The first-order valence-electron chi connectivity index (χ1n) is 8.51. The molecule has 4 heteroatoms. The molecule has 3 nitrogen and oxygen atoms in total. The fraction of sp³-hybridized carbons (Fsp3) is 0.526. The second-order valence-corrected chi connectivity index (χ2v) is 6.75. The number of carbonyl (C=O) groups excluding carboxylic acids is 1. The lowest BCUT2D eigenvalue weighted by atomic mass is 9.97. The molecule has 0 radical (unpaired) electrons. The summed E-state index contributed by atoms with van der Waals surface area (Å²) in [5.41, 5.74) is 4.40. The first kappa shape index (κ1) is 18.0. The van der Waals surface area contributed by atoms with Crippen LogP contribution in [0.25, 0.3) is 0 Å². The molecule has 0 saturated heterocycles. The molecular formula is C19H27ClN2O. The molecule has 2 rings (SSSR count). The molecule has 0 atom stereocenters. The number of aryl methyl sites for hydroxylation is 2. The highest BCUT2D eigenvalue weighted by atomic mass is 35.5. The summed E-state index contributed by atoms with van der Waals surface area (Å²) in [4.78, 5) is 12.0. The maximum Gasteiger partial charge on any atom is 0.225 e. The van der Waals surface area contributed by atoms with Crippen LogP contribution in [0.4, 0.5) is 5.69 Å². The Balaban J connectivity index is 1.68. The van der Waals surface area contributed by atoms with Crippen LogP contribution in [0, 0.1) is 13.8 Å². The molecule has 1 amide bonds. The van der Waals surface area contributed by atoms with Gasteiger partial charge in [-0.3, -0.25) is 4.79 Å².